The molecule has 4 nitrogen and oxygen atoms in total. The van der Waals surface area contributed by atoms with E-state index in [1.165, 1.54) is 0 Å². The van der Waals surface area contributed by atoms with Crippen molar-refractivity contribution < 1.29 is 4.79 Å². The van der Waals surface area contributed by atoms with Gasteiger partial charge in [0, 0.05) is 29.9 Å². The standard InChI is InChI=1S/C21H23N3O/c1-16(25)17-7-5-8-18(15-17)21-20(11-6-12-24-21)23-14-13-22-19-9-3-2-4-10-19/h2-5,7-10,15,22H,6,11-14H2,1H3. The van der Waals surface area contributed by atoms with E-state index in [2.05, 4.69) is 10.3 Å². The highest BCUT2D eigenvalue weighted by Gasteiger charge is 2.16. The molecule has 2 aromatic rings. The Morgan fingerprint density at radius 1 is 1.16 bits per heavy atom. The van der Waals surface area contributed by atoms with E-state index in [-0.39, 0.29) is 5.78 Å². The van der Waals surface area contributed by atoms with E-state index in [4.69, 9.17) is 4.99 Å². The van der Waals surface area contributed by atoms with Crippen LogP contribution in [0, 0.1) is 0 Å². The lowest BCUT2D eigenvalue weighted by Crippen LogP contribution is -2.22. The highest BCUT2D eigenvalue weighted by molar-refractivity contribution is 6.48. The van der Waals surface area contributed by atoms with Gasteiger partial charge in [0.2, 0.25) is 0 Å². The predicted octanol–water partition coefficient (Wildman–Crippen LogP) is 4.03. The van der Waals surface area contributed by atoms with Gasteiger partial charge in [-0.25, -0.2) is 0 Å². The Labute approximate surface area is 148 Å². The van der Waals surface area contributed by atoms with Crippen molar-refractivity contribution in [2.45, 2.75) is 19.8 Å². The largest absolute Gasteiger partial charge is 0.383 e. The second-order valence-electron chi connectivity index (χ2n) is 6.09. The maximum atomic E-state index is 11.6. The summed E-state index contributed by atoms with van der Waals surface area (Å²) < 4.78 is 0. The minimum absolute atomic E-state index is 0.0730. The molecule has 0 bridgehead atoms. The van der Waals surface area contributed by atoms with Crippen LogP contribution in [0.3, 0.4) is 0 Å². The average molecular weight is 333 g/mol. The van der Waals surface area contributed by atoms with E-state index in [1.807, 2.05) is 54.6 Å². The van der Waals surface area contributed by atoms with Gasteiger partial charge in [-0.05, 0) is 38.0 Å². The number of aliphatic imine (C=N–C) groups is 2. The summed E-state index contributed by atoms with van der Waals surface area (Å²) in [7, 11) is 0. The van der Waals surface area contributed by atoms with E-state index >= 15 is 0 Å². The van der Waals surface area contributed by atoms with Crippen LogP contribution in [-0.4, -0.2) is 36.8 Å². The molecule has 1 aliphatic heterocycles. The molecule has 0 aliphatic carbocycles. The molecule has 0 saturated carbocycles. The van der Waals surface area contributed by atoms with E-state index in [9.17, 15) is 4.79 Å². The molecule has 2 aromatic carbocycles. The van der Waals surface area contributed by atoms with Crippen molar-refractivity contribution in [3.05, 3.63) is 65.7 Å². The van der Waals surface area contributed by atoms with Crippen LogP contribution in [0.4, 0.5) is 5.69 Å². The van der Waals surface area contributed by atoms with Crippen molar-refractivity contribution in [3.63, 3.8) is 0 Å². The highest BCUT2D eigenvalue weighted by Crippen LogP contribution is 2.14. The van der Waals surface area contributed by atoms with Crippen LogP contribution in [0.2, 0.25) is 0 Å². The summed E-state index contributed by atoms with van der Waals surface area (Å²) in [6.45, 7) is 3.90. The number of hydrogen-bond acceptors (Lipinski definition) is 4. The second kappa shape index (κ2) is 8.38. The lowest BCUT2D eigenvalue weighted by molar-refractivity contribution is 0.101. The summed E-state index contributed by atoms with van der Waals surface area (Å²) in [5.74, 6) is 0.0730. The Hall–Kier alpha value is -2.75. The number of ketones is 1. The van der Waals surface area contributed by atoms with Gasteiger partial charge in [-0.3, -0.25) is 14.8 Å². The first kappa shape index (κ1) is 17.1. The second-order valence-corrected chi connectivity index (χ2v) is 6.09. The number of para-hydroxylation sites is 1. The van der Waals surface area contributed by atoms with Gasteiger partial charge in [-0.2, -0.15) is 0 Å². The van der Waals surface area contributed by atoms with Crippen molar-refractivity contribution >= 4 is 22.9 Å². The zero-order valence-corrected chi connectivity index (χ0v) is 14.5. The van der Waals surface area contributed by atoms with Crippen LogP contribution < -0.4 is 5.32 Å². The van der Waals surface area contributed by atoms with E-state index < -0.39 is 0 Å². The number of nitrogens with zero attached hydrogens (tertiary/aromatic N) is 2. The third-order valence-electron chi connectivity index (χ3n) is 4.17. The maximum Gasteiger partial charge on any atom is 0.159 e. The molecule has 0 spiro atoms. The van der Waals surface area contributed by atoms with Gasteiger partial charge in [-0.15, -0.1) is 0 Å². The summed E-state index contributed by atoms with van der Waals surface area (Å²) in [5, 5.41) is 3.37. The van der Waals surface area contributed by atoms with Gasteiger partial charge < -0.3 is 5.32 Å². The Balaban J connectivity index is 1.69. The number of nitrogens with one attached hydrogen (secondary N) is 1. The lowest BCUT2D eigenvalue weighted by atomic mass is 9.97. The number of hydrogen-bond donors (Lipinski definition) is 1. The quantitative estimate of drug-likeness (QED) is 0.641. The van der Waals surface area contributed by atoms with Gasteiger partial charge in [0.05, 0.1) is 18.0 Å². The minimum Gasteiger partial charge on any atom is -0.383 e. The maximum absolute atomic E-state index is 11.6. The first-order valence-corrected chi connectivity index (χ1v) is 8.72. The van der Waals surface area contributed by atoms with E-state index in [0.29, 0.717) is 6.54 Å². The first-order chi connectivity index (χ1) is 12.2. The molecule has 0 unspecified atom stereocenters. The predicted molar refractivity (Wildman–Crippen MR) is 104 cm³/mol. The van der Waals surface area contributed by atoms with Gasteiger partial charge in [-0.1, -0.05) is 36.4 Å². The molecular weight excluding hydrogens is 310 g/mol. The Bertz CT molecular complexity index is 794. The number of carbonyl (C=O) groups excluding carboxylic acids is 1. The summed E-state index contributed by atoms with van der Waals surface area (Å²) in [5.41, 5.74) is 4.79. The molecule has 0 atom stereocenters. The molecule has 0 fully saturated rings. The molecule has 0 amide bonds. The zero-order valence-electron chi connectivity index (χ0n) is 14.5. The van der Waals surface area contributed by atoms with Crippen LogP contribution in [0.1, 0.15) is 35.7 Å². The van der Waals surface area contributed by atoms with Crippen molar-refractivity contribution in [1.82, 2.24) is 0 Å². The SMILES string of the molecule is CC(=O)c1cccc(C2=NCCCC2=NCCNc2ccccc2)c1. The smallest absolute Gasteiger partial charge is 0.159 e. The molecule has 3 rings (SSSR count). The van der Waals surface area contributed by atoms with Crippen molar-refractivity contribution in [2.75, 3.05) is 25.0 Å². The Kier molecular flexibility index (Phi) is 5.73. The topological polar surface area (TPSA) is 53.8 Å². The monoisotopic (exact) mass is 333 g/mol. The van der Waals surface area contributed by atoms with Crippen LogP contribution in [0.15, 0.2) is 64.6 Å². The highest BCUT2D eigenvalue weighted by atomic mass is 16.1. The first-order valence-electron chi connectivity index (χ1n) is 8.72. The fourth-order valence-electron chi connectivity index (χ4n) is 2.89. The fourth-order valence-corrected chi connectivity index (χ4v) is 2.89. The molecular formula is C21H23N3O. The molecule has 1 heterocycles. The lowest BCUT2D eigenvalue weighted by Gasteiger charge is -2.16. The zero-order chi connectivity index (χ0) is 17.5. The Morgan fingerprint density at radius 2 is 2.00 bits per heavy atom. The molecule has 0 radical (unpaired) electrons. The fraction of sp³-hybridized carbons (Fsp3) is 0.286. The number of benzene rings is 2. The Morgan fingerprint density at radius 3 is 2.80 bits per heavy atom. The summed E-state index contributed by atoms with van der Waals surface area (Å²) in [6, 6.07) is 17.8. The van der Waals surface area contributed by atoms with Crippen molar-refractivity contribution in [3.8, 4) is 0 Å². The molecule has 0 saturated heterocycles. The van der Waals surface area contributed by atoms with Gasteiger partial charge in [0.1, 0.15) is 0 Å². The summed E-state index contributed by atoms with van der Waals surface area (Å²) in [4.78, 5) is 21.1. The van der Waals surface area contributed by atoms with Crippen LogP contribution in [0.5, 0.6) is 0 Å². The normalized spacial score (nSPS) is 15.7. The van der Waals surface area contributed by atoms with Crippen molar-refractivity contribution in [1.29, 1.82) is 0 Å². The average Bonchev–Trinajstić information content (AvgIpc) is 2.66. The van der Waals surface area contributed by atoms with Crippen molar-refractivity contribution in [2.24, 2.45) is 9.98 Å². The molecule has 0 aromatic heterocycles. The minimum atomic E-state index is 0.0730. The van der Waals surface area contributed by atoms with E-state index in [1.54, 1.807) is 6.92 Å². The summed E-state index contributed by atoms with van der Waals surface area (Å²) >= 11 is 0. The number of carbonyl (C=O) groups is 1. The molecule has 128 valence electrons. The van der Waals surface area contributed by atoms with E-state index in [0.717, 1.165) is 54.2 Å². The number of Topliss-reactive ketones (excluding diaryl/α,β-unsaturated/α-hetero) is 1. The van der Waals surface area contributed by atoms with Crippen LogP contribution in [-0.2, 0) is 0 Å². The third kappa shape index (κ3) is 4.63. The van der Waals surface area contributed by atoms with Gasteiger partial charge in [0.15, 0.2) is 5.78 Å². The van der Waals surface area contributed by atoms with Crippen LogP contribution in [0.25, 0.3) is 0 Å². The molecule has 1 N–H and O–H groups in total. The third-order valence-corrected chi connectivity index (χ3v) is 4.17. The molecule has 1 aliphatic rings. The number of anilines is 1. The number of rotatable bonds is 6. The van der Waals surface area contributed by atoms with Gasteiger partial charge >= 0.3 is 0 Å². The van der Waals surface area contributed by atoms with Gasteiger partial charge in [0.25, 0.3) is 0 Å². The molecule has 25 heavy (non-hydrogen) atoms. The van der Waals surface area contributed by atoms with Crippen LogP contribution >= 0.6 is 0 Å². The summed E-state index contributed by atoms with van der Waals surface area (Å²) in [6.07, 6.45) is 1.97. The molecule has 4 heteroatoms.